The van der Waals surface area contributed by atoms with E-state index < -0.39 is 10.0 Å². The molecule has 0 spiro atoms. The van der Waals surface area contributed by atoms with Gasteiger partial charge in [0.05, 0.1) is 4.90 Å². The molecule has 94 valence electrons. The molecule has 0 aliphatic carbocycles. The van der Waals surface area contributed by atoms with E-state index in [2.05, 4.69) is 4.72 Å². The summed E-state index contributed by atoms with van der Waals surface area (Å²) in [6.07, 6.45) is 0. The van der Waals surface area contributed by atoms with Crippen molar-refractivity contribution in [1.29, 1.82) is 0 Å². The van der Waals surface area contributed by atoms with Crippen molar-refractivity contribution < 1.29 is 12.8 Å². The summed E-state index contributed by atoms with van der Waals surface area (Å²) in [5.74, 6) is -0.322. The third-order valence-corrected chi connectivity index (χ3v) is 4.00. The second-order valence-corrected chi connectivity index (χ2v) is 5.63. The first-order valence-corrected chi connectivity index (χ1v) is 6.81. The van der Waals surface area contributed by atoms with E-state index in [-0.39, 0.29) is 10.7 Å². The number of hydrogen-bond donors (Lipinski definition) is 1. The minimum atomic E-state index is -3.46. The van der Waals surface area contributed by atoms with E-state index in [1.165, 1.54) is 25.2 Å². The summed E-state index contributed by atoms with van der Waals surface area (Å²) < 4.78 is 38.4. The standard InChI is InChI=1S/C13H12FNO2S/c1-15-18(16,17)13-4-2-3-11(9-13)10-5-7-12(14)8-6-10/h2-9,15H,1H3. The van der Waals surface area contributed by atoms with Gasteiger partial charge in [-0.25, -0.2) is 17.5 Å². The average molecular weight is 265 g/mol. The fourth-order valence-corrected chi connectivity index (χ4v) is 2.38. The zero-order chi connectivity index (χ0) is 13.2. The Bertz CT molecular complexity index is 651. The lowest BCUT2D eigenvalue weighted by Crippen LogP contribution is -2.18. The SMILES string of the molecule is CNS(=O)(=O)c1cccc(-c2ccc(F)cc2)c1. The summed E-state index contributed by atoms with van der Waals surface area (Å²) in [6, 6.07) is 12.4. The number of nitrogens with one attached hydrogen (secondary N) is 1. The van der Waals surface area contributed by atoms with Crippen LogP contribution in [0.2, 0.25) is 0 Å². The van der Waals surface area contributed by atoms with Crippen LogP contribution in [0.1, 0.15) is 0 Å². The summed E-state index contributed by atoms with van der Waals surface area (Å²) in [4.78, 5) is 0.187. The molecule has 0 fully saturated rings. The summed E-state index contributed by atoms with van der Waals surface area (Å²) in [7, 11) is -2.10. The Hall–Kier alpha value is -1.72. The second-order valence-electron chi connectivity index (χ2n) is 3.74. The smallest absolute Gasteiger partial charge is 0.214 e. The van der Waals surface area contributed by atoms with Crippen LogP contribution in [0.15, 0.2) is 53.4 Å². The van der Waals surface area contributed by atoms with Crippen molar-refractivity contribution in [2.24, 2.45) is 0 Å². The molecule has 0 atom stereocenters. The molecule has 0 aromatic heterocycles. The monoisotopic (exact) mass is 265 g/mol. The lowest BCUT2D eigenvalue weighted by Gasteiger charge is -2.06. The van der Waals surface area contributed by atoms with Crippen molar-refractivity contribution in [2.75, 3.05) is 7.05 Å². The van der Waals surface area contributed by atoms with Crippen LogP contribution in [0.25, 0.3) is 11.1 Å². The maximum absolute atomic E-state index is 12.8. The normalized spacial score (nSPS) is 11.4. The Morgan fingerprint density at radius 2 is 1.67 bits per heavy atom. The Labute approximate surface area is 105 Å². The van der Waals surface area contributed by atoms with Crippen LogP contribution in [-0.2, 0) is 10.0 Å². The molecule has 0 unspecified atom stereocenters. The number of hydrogen-bond acceptors (Lipinski definition) is 2. The van der Waals surface area contributed by atoms with Crippen LogP contribution < -0.4 is 4.72 Å². The predicted octanol–water partition coefficient (Wildman–Crippen LogP) is 2.40. The molecule has 0 amide bonds. The Morgan fingerprint density at radius 3 is 2.28 bits per heavy atom. The van der Waals surface area contributed by atoms with Crippen molar-refractivity contribution in [2.45, 2.75) is 4.90 Å². The Kier molecular flexibility index (Phi) is 3.45. The zero-order valence-corrected chi connectivity index (χ0v) is 10.5. The van der Waals surface area contributed by atoms with Gasteiger partial charge in [-0.1, -0.05) is 24.3 Å². The summed E-state index contributed by atoms with van der Waals surface area (Å²) in [6.45, 7) is 0. The summed E-state index contributed by atoms with van der Waals surface area (Å²) in [5, 5.41) is 0. The van der Waals surface area contributed by atoms with Crippen molar-refractivity contribution in [3.63, 3.8) is 0 Å². The fraction of sp³-hybridized carbons (Fsp3) is 0.0769. The molecule has 0 saturated heterocycles. The van der Waals surface area contributed by atoms with Gasteiger partial charge in [0, 0.05) is 0 Å². The summed E-state index contributed by atoms with van der Waals surface area (Å²) >= 11 is 0. The maximum atomic E-state index is 12.8. The highest BCUT2D eigenvalue weighted by atomic mass is 32.2. The van der Waals surface area contributed by atoms with Gasteiger partial charge in [-0.05, 0) is 42.4 Å². The van der Waals surface area contributed by atoms with Crippen molar-refractivity contribution in [3.05, 3.63) is 54.3 Å². The first kappa shape index (κ1) is 12.7. The van der Waals surface area contributed by atoms with Crippen LogP contribution in [0.5, 0.6) is 0 Å². The van der Waals surface area contributed by atoms with Gasteiger partial charge < -0.3 is 0 Å². The molecule has 0 saturated carbocycles. The van der Waals surface area contributed by atoms with E-state index in [9.17, 15) is 12.8 Å². The molecule has 0 heterocycles. The average Bonchev–Trinajstić information content (AvgIpc) is 2.40. The largest absolute Gasteiger partial charge is 0.240 e. The Morgan fingerprint density at radius 1 is 1.00 bits per heavy atom. The van der Waals surface area contributed by atoms with Crippen molar-refractivity contribution >= 4 is 10.0 Å². The van der Waals surface area contributed by atoms with Crippen LogP contribution in [0, 0.1) is 5.82 Å². The lowest BCUT2D eigenvalue weighted by atomic mass is 10.1. The van der Waals surface area contributed by atoms with Crippen LogP contribution in [-0.4, -0.2) is 15.5 Å². The fourth-order valence-electron chi connectivity index (χ4n) is 1.60. The molecule has 0 radical (unpaired) electrons. The number of rotatable bonds is 3. The van der Waals surface area contributed by atoms with E-state index in [0.717, 1.165) is 11.1 Å². The van der Waals surface area contributed by atoms with E-state index in [0.29, 0.717) is 0 Å². The van der Waals surface area contributed by atoms with E-state index in [1.54, 1.807) is 30.3 Å². The molecule has 0 aliphatic rings. The molecule has 2 aromatic carbocycles. The number of sulfonamides is 1. The number of benzene rings is 2. The van der Waals surface area contributed by atoms with E-state index in [1.807, 2.05) is 0 Å². The molecule has 5 heteroatoms. The maximum Gasteiger partial charge on any atom is 0.240 e. The molecule has 0 bridgehead atoms. The minimum absolute atomic E-state index is 0.187. The van der Waals surface area contributed by atoms with Gasteiger partial charge in [-0.15, -0.1) is 0 Å². The molecule has 3 nitrogen and oxygen atoms in total. The van der Waals surface area contributed by atoms with Gasteiger partial charge in [0.1, 0.15) is 5.82 Å². The van der Waals surface area contributed by atoms with Gasteiger partial charge in [-0.3, -0.25) is 0 Å². The quantitative estimate of drug-likeness (QED) is 0.926. The van der Waals surface area contributed by atoms with Crippen LogP contribution >= 0.6 is 0 Å². The van der Waals surface area contributed by atoms with Gasteiger partial charge in [0.25, 0.3) is 0 Å². The highest BCUT2D eigenvalue weighted by Gasteiger charge is 2.11. The highest BCUT2D eigenvalue weighted by molar-refractivity contribution is 7.89. The van der Waals surface area contributed by atoms with Crippen LogP contribution in [0.3, 0.4) is 0 Å². The Balaban J connectivity index is 2.48. The number of halogens is 1. The van der Waals surface area contributed by atoms with Crippen LogP contribution in [0.4, 0.5) is 4.39 Å². The first-order valence-electron chi connectivity index (χ1n) is 5.32. The predicted molar refractivity (Wildman–Crippen MR) is 68.1 cm³/mol. The second kappa shape index (κ2) is 4.88. The van der Waals surface area contributed by atoms with E-state index >= 15 is 0 Å². The van der Waals surface area contributed by atoms with Gasteiger partial charge in [0.15, 0.2) is 0 Å². The molecular formula is C13H12FNO2S. The van der Waals surface area contributed by atoms with E-state index in [4.69, 9.17) is 0 Å². The van der Waals surface area contributed by atoms with Crippen molar-refractivity contribution in [3.8, 4) is 11.1 Å². The molecular weight excluding hydrogens is 253 g/mol. The topological polar surface area (TPSA) is 46.2 Å². The molecule has 2 rings (SSSR count). The summed E-state index contributed by atoms with van der Waals surface area (Å²) in [5.41, 5.74) is 1.50. The molecule has 2 aromatic rings. The third kappa shape index (κ3) is 2.57. The lowest BCUT2D eigenvalue weighted by molar-refractivity contribution is 0.588. The van der Waals surface area contributed by atoms with Gasteiger partial charge in [-0.2, -0.15) is 0 Å². The molecule has 18 heavy (non-hydrogen) atoms. The molecule has 0 aliphatic heterocycles. The highest BCUT2D eigenvalue weighted by Crippen LogP contribution is 2.22. The minimum Gasteiger partial charge on any atom is -0.214 e. The third-order valence-electron chi connectivity index (χ3n) is 2.59. The van der Waals surface area contributed by atoms with Crippen molar-refractivity contribution in [1.82, 2.24) is 4.72 Å². The molecule has 1 N–H and O–H groups in total. The zero-order valence-electron chi connectivity index (χ0n) is 9.72. The van der Waals surface area contributed by atoms with Gasteiger partial charge >= 0.3 is 0 Å². The van der Waals surface area contributed by atoms with Gasteiger partial charge in [0.2, 0.25) is 10.0 Å². The first-order chi connectivity index (χ1) is 8.53.